The molecule has 0 unspecified atom stereocenters. The van der Waals surface area contributed by atoms with Gasteiger partial charge in [0.15, 0.2) is 0 Å². The summed E-state index contributed by atoms with van der Waals surface area (Å²) in [5.41, 5.74) is 2.65. The molecule has 1 heterocycles. The van der Waals surface area contributed by atoms with Gasteiger partial charge < -0.3 is 9.64 Å². The van der Waals surface area contributed by atoms with Gasteiger partial charge in [0.1, 0.15) is 0 Å². The molecule has 144 valence electrons. The molecule has 2 aromatic rings. The number of anilines is 1. The van der Waals surface area contributed by atoms with Crippen LogP contribution in [0.5, 0.6) is 0 Å². The van der Waals surface area contributed by atoms with Gasteiger partial charge in [0, 0.05) is 29.8 Å². The van der Waals surface area contributed by atoms with Crippen molar-refractivity contribution in [3.63, 3.8) is 0 Å². The van der Waals surface area contributed by atoms with Crippen molar-refractivity contribution >= 4 is 28.8 Å². The van der Waals surface area contributed by atoms with E-state index in [0.29, 0.717) is 30.8 Å². The zero-order chi connectivity index (χ0) is 20.1. The molecule has 0 atom stereocenters. The first-order valence-electron chi connectivity index (χ1n) is 9.01. The summed E-state index contributed by atoms with van der Waals surface area (Å²) in [7, 11) is 0. The predicted molar refractivity (Wildman–Crippen MR) is 105 cm³/mol. The smallest absolute Gasteiger partial charge is 0.310 e. The zero-order valence-electron chi connectivity index (χ0n) is 15.5. The first-order valence-corrected chi connectivity index (χ1v) is 9.01. The average molecular weight is 380 g/mol. The number of benzene rings is 2. The molecule has 0 N–H and O–H groups in total. The summed E-state index contributed by atoms with van der Waals surface area (Å²) in [6.45, 7) is 2.52. The molecule has 0 spiro atoms. The fourth-order valence-electron chi connectivity index (χ4n) is 3.21. The molecular formula is C21H20N2O5. The summed E-state index contributed by atoms with van der Waals surface area (Å²) in [4.78, 5) is 37.0. The molecule has 0 aromatic heterocycles. The van der Waals surface area contributed by atoms with Crippen LogP contribution in [-0.4, -0.2) is 30.0 Å². The van der Waals surface area contributed by atoms with Crippen molar-refractivity contribution in [1.82, 2.24) is 0 Å². The second kappa shape index (κ2) is 8.47. The van der Waals surface area contributed by atoms with Crippen LogP contribution in [0.25, 0.3) is 5.57 Å². The molecular weight excluding hydrogens is 360 g/mol. The summed E-state index contributed by atoms with van der Waals surface area (Å²) >= 11 is 0. The molecule has 28 heavy (non-hydrogen) atoms. The number of non-ortho nitro benzene ring substituents is 1. The highest BCUT2D eigenvalue weighted by molar-refractivity contribution is 6.08. The number of nitrogens with zero attached hydrogens (tertiary/aromatic N) is 2. The lowest BCUT2D eigenvalue weighted by Crippen LogP contribution is -2.31. The van der Waals surface area contributed by atoms with Crippen LogP contribution in [0.4, 0.5) is 11.4 Å². The molecule has 7 heteroatoms. The molecule has 2 aromatic carbocycles. The van der Waals surface area contributed by atoms with Crippen molar-refractivity contribution in [1.29, 1.82) is 0 Å². The van der Waals surface area contributed by atoms with E-state index in [4.69, 9.17) is 4.74 Å². The number of rotatable bonds is 5. The third kappa shape index (κ3) is 4.09. The fourth-order valence-corrected chi connectivity index (χ4v) is 3.21. The normalized spacial score (nSPS) is 13.2. The van der Waals surface area contributed by atoms with Gasteiger partial charge in [-0.2, -0.15) is 0 Å². The quantitative estimate of drug-likeness (QED) is 0.445. The lowest BCUT2D eigenvalue weighted by atomic mass is 10.0. The maximum atomic E-state index is 13.1. The molecule has 0 radical (unpaired) electrons. The van der Waals surface area contributed by atoms with E-state index in [-0.39, 0.29) is 24.0 Å². The molecule has 0 saturated heterocycles. The number of para-hydroxylation sites is 1. The second-order valence-electron chi connectivity index (χ2n) is 6.28. The van der Waals surface area contributed by atoms with Gasteiger partial charge in [0.05, 0.1) is 23.6 Å². The van der Waals surface area contributed by atoms with Gasteiger partial charge in [0.25, 0.3) is 11.6 Å². The minimum atomic E-state index is -0.499. The van der Waals surface area contributed by atoms with E-state index < -0.39 is 4.92 Å². The highest BCUT2D eigenvalue weighted by Gasteiger charge is 2.24. The van der Waals surface area contributed by atoms with Crippen molar-refractivity contribution in [2.75, 3.05) is 18.1 Å². The maximum absolute atomic E-state index is 13.1. The number of ether oxygens (including phenoxy) is 1. The molecule has 3 rings (SSSR count). The van der Waals surface area contributed by atoms with Gasteiger partial charge in [-0.1, -0.05) is 24.3 Å². The van der Waals surface area contributed by atoms with Gasteiger partial charge in [-0.15, -0.1) is 0 Å². The summed E-state index contributed by atoms with van der Waals surface area (Å²) in [5, 5.41) is 10.8. The van der Waals surface area contributed by atoms with Gasteiger partial charge in [-0.25, -0.2) is 0 Å². The van der Waals surface area contributed by atoms with Crippen LogP contribution in [0.1, 0.15) is 35.7 Å². The van der Waals surface area contributed by atoms with Crippen molar-refractivity contribution in [3.05, 3.63) is 75.8 Å². The number of carbonyl (C=O) groups excluding carboxylic acids is 2. The number of hydrogen-bond acceptors (Lipinski definition) is 5. The number of amides is 1. The topological polar surface area (TPSA) is 89.8 Å². The Balaban J connectivity index is 1.91. The Hall–Kier alpha value is -3.48. The van der Waals surface area contributed by atoms with E-state index in [2.05, 4.69) is 0 Å². The van der Waals surface area contributed by atoms with E-state index >= 15 is 0 Å². The van der Waals surface area contributed by atoms with E-state index in [1.54, 1.807) is 11.8 Å². The first kappa shape index (κ1) is 19.3. The van der Waals surface area contributed by atoms with Crippen LogP contribution in [-0.2, 0) is 9.53 Å². The summed E-state index contributed by atoms with van der Waals surface area (Å²) in [6, 6.07) is 13.0. The summed E-state index contributed by atoms with van der Waals surface area (Å²) in [6.07, 6.45) is 2.69. The SMILES string of the molecule is CCOC(=O)CC1=CCCN(C(=O)c2ccc([N+](=O)[O-])cc2)c2ccccc21. The first-order chi connectivity index (χ1) is 13.5. The van der Waals surface area contributed by atoms with E-state index in [9.17, 15) is 19.7 Å². The Morgan fingerprint density at radius 1 is 1.14 bits per heavy atom. The predicted octanol–water partition coefficient (Wildman–Crippen LogP) is 3.98. The fraction of sp³-hybridized carbons (Fsp3) is 0.238. The average Bonchev–Trinajstić information content (AvgIpc) is 2.87. The lowest BCUT2D eigenvalue weighted by molar-refractivity contribution is -0.384. The van der Waals surface area contributed by atoms with Gasteiger partial charge in [-0.3, -0.25) is 19.7 Å². The molecule has 1 aliphatic heterocycles. The Morgan fingerprint density at radius 2 is 1.86 bits per heavy atom. The Kier molecular flexibility index (Phi) is 5.84. The molecule has 1 amide bonds. The molecule has 7 nitrogen and oxygen atoms in total. The maximum Gasteiger partial charge on any atom is 0.310 e. The minimum Gasteiger partial charge on any atom is -0.466 e. The Labute approximate surface area is 162 Å². The zero-order valence-corrected chi connectivity index (χ0v) is 15.5. The third-order valence-electron chi connectivity index (χ3n) is 4.49. The van der Waals surface area contributed by atoms with Crippen LogP contribution in [0.3, 0.4) is 0 Å². The number of carbonyl (C=O) groups is 2. The largest absolute Gasteiger partial charge is 0.466 e. The molecule has 0 bridgehead atoms. The van der Waals surface area contributed by atoms with Crippen molar-refractivity contribution in [2.24, 2.45) is 0 Å². The number of esters is 1. The highest BCUT2D eigenvalue weighted by Crippen LogP contribution is 2.33. The van der Waals surface area contributed by atoms with Gasteiger partial charge in [-0.05, 0) is 37.1 Å². The van der Waals surface area contributed by atoms with E-state index in [1.807, 2.05) is 30.3 Å². The van der Waals surface area contributed by atoms with E-state index in [1.165, 1.54) is 24.3 Å². The highest BCUT2D eigenvalue weighted by atomic mass is 16.6. The van der Waals surface area contributed by atoms with Crippen LogP contribution >= 0.6 is 0 Å². The number of nitro groups is 1. The Bertz CT molecular complexity index is 934. The van der Waals surface area contributed by atoms with Crippen molar-refractivity contribution in [2.45, 2.75) is 19.8 Å². The molecule has 0 fully saturated rings. The van der Waals surface area contributed by atoms with Gasteiger partial charge >= 0.3 is 5.97 Å². The Morgan fingerprint density at radius 3 is 2.54 bits per heavy atom. The van der Waals surface area contributed by atoms with Crippen molar-refractivity contribution < 1.29 is 19.2 Å². The van der Waals surface area contributed by atoms with Crippen LogP contribution in [0.15, 0.2) is 54.6 Å². The number of fused-ring (bicyclic) bond motifs is 1. The second-order valence-corrected chi connectivity index (χ2v) is 6.28. The molecule has 1 aliphatic rings. The number of nitro benzene ring substituents is 1. The number of hydrogen-bond donors (Lipinski definition) is 0. The van der Waals surface area contributed by atoms with Crippen LogP contribution in [0.2, 0.25) is 0 Å². The molecule has 0 saturated carbocycles. The van der Waals surface area contributed by atoms with Crippen molar-refractivity contribution in [3.8, 4) is 0 Å². The van der Waals surface area contributed by atoms with Crippen LogP contribution < -0.4 is 4.90 Å². The lowest BCUT2D eigenvalue weighted by Gasteiger charge is -2.23. The third-order valence-corrected chi connectivity index (χ3v) is 4.49. The minimum absolute atomic E-state index is 0.0637. The van der Waals surface area contributed by atoms with Crippen LogP contribution in [0, 0.1) is 10.1 Å². The summed E-state index contributed by atoms with van der Waals surface area (Å²) in [5.74, 6) is -0.549. The monoisotopic (exact) mass is 380 g/mol. The van der Waals surface area contributed by atoms with Gasteiger partial charge in [0.2, 0.25) is 0 Å². The molecule has 0 aliphatic carbocycles. The van der Waals surface area contributed by atoms with E-state index in [0.717, 1.165) is 11.1 Å². The standard InChI is InChI=1S/C21H20N2O5/c1-2-28-20(24)14-16-6-5-13-22(19-8-4-3-7-18(16)19)21(25)15-9-11-17(12-10-15)23(26)27/h3-4,6-12H,2,5,13-14H2,1H3. The summed E-state index contributed by atoms with van der Waals surface area (Å²) < 4.78 is 5.06.